The van der Waals surface area contributed by atoms with Crippen LogP contribution < -0.4 is 5.73 Å². The summed E-state index contributed by atoms with van der Waals surface area (Å²) in [6.45, 7) is 3.04. The Morgan fingerprint density at radius 3 is 2.47 bits per heavy atom. The van der Waals surface area contributed by atoms with Crippen LogP contribution in [0.2, 0.25) is 0 Å². The smallest absolute Gasteiger partial charge is 0.0900 e. The standard InChI is InChI=1S/C13H22N2O2/c1-10(11-4-6-12(14)7-5-11)15(2)8-13(16)9-17-3/h4-7,10,13,16H,8-9,14H2,1-3H3. The molecule has 0 bridgehead atoms. The van der Waals surface area contributed by atoms with E-state index in [9.17, 15) is 5.11 Å². The van der Waals surface area contributed by atoms with Crippen molar-refractivity contribution >= 4 is 5.69 Å². The van der Waals surface area contributed by atoms with Gasteiger partial charge in [-0.05, 0) is 31.7 Å². The number of hydrogen-bond acceptors (Lipinski definition) is 4. The van der Waals surface area contributed by atoms with Crippen LogP contribution in [-0.4, -0.2) is 43.4 Å². The summed E-state index contributed by atoms with van der Waals surface area (Å²) in [5.74, 6) is 0. The van der Waals surface area contributed by atoms with Crippen molar-refractivity contribution in [2.45, 2.75) is 19.1 Å². The Hall–Kier alpha value is -1.10. The molecule has 0 fully saturated rings. The van der Waals surface area contributed by atoms with Crippen molar-refractivity contribution in [2.75, 3.05) is 33.0 Å². The van der Waals surface area contributed by atoms with Crippen molar-refractivity contribution in [2.24, 2.45) is 0 Å². The van der Waals surface area contributed by atoms with Crippen molar-refractivity contribution in [1.29, 1.82) is 0 Å². The lowest BCUT2D eigenvalue weighted by molar-refractivity contribution is 0.0357. The molecule has 0 aliphatic carbocycles. The first-order chi connectivity index (χ1) is 8.04. The van der Waals surface area contributed by atoms with Gasteiger partial charge in [0.25, 0.3) is 0 Å². The molecular weight excluding hydrogens is 216 g/mol. The number of benzene rings is 1. The summed E-state index contributed by atoms with van der Waals surface area (Å²) in [5, 5.41) is 9.67. The van der Waals surface area contributed by atoms with Crippen molar-refractivity contribution in [1.82, 2.24) is 4.90 Å². The van der Waals surface area contributed by atoms with Crippen molar-refractivity contribution < 1.29 is 9.84 Å². The highest BCUT2D eigenvalue weighted by molar-refractivity contribution is 5.40. The van der Waals surface area contributed by atoms with E-state index in [1.54, 1.807) is 7.11 Å². The summed E-state index contributed by atoms with van der Waals surface area (Å²) in [5.41, 5.74) is 7.61. The fraction of sp³-hybridized carbons (Fsp3) is 0.538. The fourth-order valence-corrected chi connectivity index (χ4v) is 1.76. The van der Waals surface area contributed by atoms with Crippen LogP contribution in [0.5, 0.6) is 0 Å². The second-order valence-electron chi connectivity index (χ2n) is 4.39. The molecule has 0 aliphatic rings. The Balaban J connectivity index is 2.56. The molecule has 0 aliphatic heterocycles. The molecule has 0 saturated carbocycles. The molecule has 4 nitrogen and oxygen atoms in total. The summed E-state index contributed by atoms with van der Waals surface area (Å²) < 4.78 is 4.91. The molecule has 2 unspecified atom stereocenters. The SMILES string of the molecule is COCC(O)CN(C)C(C)c1ccc(N)cc1. The number of likely N-dealkylation sites (N-methyl/N-ethyl adjacent to an activating group) is 1. The van der Waals surface area contributed by atoms with Gasteiger partial charge in [-0.1, -0.05) is 12.1 Å². The van der Waals surface area contributed by atoms with E-state index in [0.717, 1.165) is 5.69 Å². The predicted octanol–water partition coefficient (Wildman–Crippen LogP) is 1.27. The molecule has 0 radical (unpaired) electrons. The van der Waals surface area contributed by atoms with E-state index >= 15 is 0 Å². The van der Waals surface area contributed by atoms with Gasteiger partial charge in [0.1, 0.15) is 0 Å². The molecule has 0 spiro atoms. The number of nitrogens with zero attached hydrogens (tertiary/aromatic N) is 1. The summed E-state index contributed by atoms with van der Waals surface area (Å²) in [4.78, 5) is 2.09. The zero-order valence-electron chi connectivity index (χ0n) is 10.8. The van der Waals surface area contributed by atoms with Crippen LogP contribution in [0.15, 0.2) is 24.3 Å². The van der Waals surface area contributed by atoms with Gasteiger partial charge in [-0.25, -0.2) is 0 Å². The van der Waals surface area contributed by atoms with Crippen LogP contribution in [-0.2, 0) is 4.74 Å². The Kier molecular flexibility index (Phi) is 5.41. The summed E-state index contributed by atoms with van der Waals surface area (Å²) in [6, 6.07) is 8.05. The van der Waals surface area contributed by atoms with Crippen LogP contribution in [0.3, 0.4) is 0 Å². The quantitative estimate of drug-likeness (QED) is 0.733. The van der Waals surface area contributed by atoms with E-state index in [1.807, 2.05) is 31.3 Å². The molecule has 1 aromatic carbocycles. The van der Waals surface area contributed by atoms with Crippen LogP contribution in [0.25, 0.3) is 0 Å². The largest absolute Gasteiger partial charge is 0.399 e. The minimum atomic E-state index is -0.457. The van der Waals surface area contributed by atoms with E-state index in [1.165, 1.54) is 5.56 Å². The van der Waals surface area contributed by atoms with Gasteiger partial charge >= 0.3 is 0 Å². The Morgan fingerprint density at radius 2 is 1.94 bits per heavy atom. The number of aliphatic hydroxyl groups is 1. The molecule has 1 aromatic rings. The van der Waals surface area contributed by atoms with Crippen LogP contribution >= 0.6 is 0 Å². The Bertz CT molecular complexity index is 327. The molecule has 3 N–H and O–H groups in total. The maximum absolute atomic E-state index is 9.67. The van der Waals surface area contributed by atoms with Crippen molar-refractivity contribution in [3.8, 4) is 0 Å². The molecule has 96 valence electrons. The minimum Gasteiger partial charge on any atom is -0.399 e. The van der Waals surface area contributed by atoms with Crippen LogP contribution in [0.1, 0.15) is 18.5 Å². The number of nitrogen functional groups attached to an aromatic ring is 1. The van der Waals surface area contributed by atoms with Gasteiger partial charge in [-0.15, -0.1) is 0 Å². The Morgan fingerprint density at radius 1 is 1.35 bits per heavy atom. The van der Waals surface area contributed by atoms with Gasteiger partial charge in [0.15, 0.2) is 0 Å². The van der Waals surface area contributed by atoms with E-state index in [4.69, 9.17) is 10.5 Å². The van der Waals surface area contributed by atoms with Gasteiger partial charge in [-0.2, -0.15) is 0 Å². The number of methoxy groups -OCH3 is 1. The first kappa shape index (κ1) is 14.0. The van der Waals surface area contributed by atoms with Crippen molar-refractivity contribution in [3.05, 3.63) is 29.8 Å². The third-order valence-electron chi connectivity index (χ3n) is 2.94. The zero-order valence-corrected chi connectivity index (χ0v) is 10.8. The average Bonchev–Trinajstić information content (AvgIpc) is 2.29. The number of nitrogens with two attached hydrogens (primary N) is 1. The Labute approximate surface area is 103 Å². The first-order valence-corrected chi connectivity index (χ1v) is 5.77. The second-order valence-corrected chi connectivity index (χ2v) is 4.39. The lowest BCUT2D eigenvalue weighted by Gasteiger charge is -2.27. The van der Waals surface area contributed by atoms with Gasteiger partial charge in [0.2, 0.25) is 0 Å². The minimum absolute atomic E-state index is 0.238. The predicted molar refractivity (Wildman–Crippen MR) is 69.8 cm³/mol. The second kappa shape index (κ2) is 6.59. The molecular formula is C13H22N2O2. The van der Waals surface area contributed by atoms with Crippen LogP contribution in [0, 0.1) is 0 Å². The molecule has 0 saturated heterocycles. The highest BCUT2D eigenvalue weighted by Crippen LogP contribution is 2.19. The monoisotopic (exact) mass is 238 g/mol. The maximum atomic E-state index is 9.67. The number of ether oxygens (including phenoxy) is 1. The maximum Gasteiger partial charge on any atom is 0.0900 e. The molecule has 2 atom stereocenters. The fourth-order valence-electron chi connectivity index (χ4n) is 1.76. The highest BCUT2D eigenvalue weighted by Gasteiger charge is 2.15. The molecule has 0 heterocycles. The van der Waals surface area contributed by atoms with Gasteiger partial charge in [0.05, 0.1) is 12.7 Å². The normalized spacial score (nSPS) is 14.9. The summed E-state index contributed by atoms with van der Waals surface area (Å²) in [7, 11) is 3.58. The van der Waals surface area contributed by atoms with E-state index < -0.39 is 6.10 Å². The highest BCUT2D eigenvalue weighted by atomic mass is 16.5. The van der Waals surface area contributed by atoms with Crippen molar-refractivity contribution in [3.63, 3.8) is 0 Å². The summed E-state index contributed by atoms with van der Waals surface area (Å²) >= 11 is 0. The van der Waals surface area contributed by atoms with E-state index in [0.29, 0.717) is 13.2 Å². The van der Waals surface area contributed by atoms with Gasteiger partial charge in [0, 0.05) is 25.4 Å². The molecule has 0 aromatic heterocycles. The molecule has 0 amide bonds. The lowest BCUT2D eigenvalue weighted by Crippen LogP contribution is -2.33. The zero-order chi connectivity index (χ0) is 12.8. The number of hydrogen-bond donors (Lipinski definition) is 2. The number of rotatable bonds is 6. The molecule has 1 rings (SSSR count). The third-order valence-corrected chi connectivity index (χ3v) is 2.94. The molecule has 4 heteroatoms. The van der Waals surface area contributed by atoms with Crippen LogP contribution in [0.4, 0.5) is 5.69 Å². The average molecular weight is 238 g/mol. The van der Waals surface area contributed by atoms with E-state index in [2.05, 4.69) is 11.8 Å². The third kappa shape index (κ3) is 4.34. The van der Waals surface area contributed by atoms with Gasteiger partial charge in [-0.3, -0.25) is 4.90 Å². The summed E-state index contributed by atoms with van der Waals surface area (Å²) in [6.07, 6.45) is -0.457. The first-order valence-electron chi connectivity index (χ1n) is 5.77. The molecule has 17 heavy (non-hydrogen) atoms. The topological polar surface area (TPSA) is 58.7 Å². The van der Waals surface area contributed by atoms with E-state index in [-0.39, 0.29) is 6.04 Å². The number of anilines is 1. The lowest BCUT2D eigenvalue weighted by atomic mass is 10.1. The number of aliphatic hydroxyl groups excluding tert-OH is 1. The van der Waals surface area contributed by atoms with Gasteiger partial charge < -0.3 is 15.6 Å².